The average molecular weight is 287 g/mol. The van der Waals surface area contributed by atoms with Crippen molar-refractivity contribution in [1.29, 1.82) is 0 Å². The van der Waals surface area contributed by atoms with Gasteiger partial charge in [-0.05, 0) is 6.07 Å². The third kappa shape index (κ3) is 2.53. The fourth-order valence-corrected chi connectivity index (χ4v) is 2.32. The Balaban J connectivity index is 2.70. The summed E-state index contributed by atoms with van der Waals surface area (Å²) in [6.45, 7) is 0. The van der Waals surface area contributed by atoms with Gasteiger partial charge in [-0.2, -0.15) is 13.2 Å². The van der Waals surface area contributed by atoms with E-state index in [1.807, 2.05) is 0 Å². The number of anilines is 1. The minimum atomic E-state index is -4.55. The highest BCUT2D eigenvalue weighted by Gasteiger charge is 2.35. The van der Waals surface area contributed by atoms with Crippen molar-refractivity contribution in [2.75, 3.05) is 5.73 Å². The SMILES string of the molecule is NC(=O)c1sc(N)nc1-c1ccccc1C(F)(F)F. The minimum Gasteiger partial charge on any atom is -0.375 e. The van der Waals surface area contributed by atoms with Crippen molar-refractivity contribution in [1.82, 2.24) is 4.98 Å². The number of thiazole rings is 1. The summed E-state index contributed by atoms with van der Waals surface area (Å²) in [7, 11) is 0. The summed E-state index contributed by atoms with van der Waals surface area (Å²) < 4.78 is 38.7. The number of carbonyl (C=O) groups is 1. The molecule has 4 nitrogen and oxygen atoms in total. The summed E-state index contributed by atoms with van der Waals surface area (Å²) in [5.41, 5.74) is 9.32. The van der Waals surface area contributed by atoms with Crippen LogP contribution in [0.25, 0.3) is 11.3 Å². The van der Waals surface area contributed by atoms with E-state index in [9.17, 15) is 18.0 Å². The number of rotatable bonds is 2. The molecular formula is C11H8F3N3OS. The molecule has 1 heterocycles. The van der Waals surface area contributed by atoms with Crippen LogP contribution >= 0.6 is 11.3 Å². The van der Waals surface area contributed by atoms with Gasteiger partial charge in [0, 0.05) is 5.56 Å². The van der Waals surface area contributed by atoms with Gasteiger partial charge in [0.15, 0.2) is 5.13 Å². The van der Waals surface area contributed by atoms with Crippen LogP contribution in [0.3, 0.4) is 0 Å². The maximum Gasteiger partial charge on any atom is 0.417 e. The second-order valence-electron chi connectivity index (χ2n) is 3.64. The monoisotopic (exact) mass is 287 g/mol. The van der Waals surface area contributed by atoms with Crippen molar-refractivity contribution >= 4 is 22.4 Å². The van der Waals surface area contributed by atoms with Crippen LogP contribution in [0.1, 0.15) is 15.2 Å². The van der Waals surface area contributed by atoms with Crippen molar-refractivity contribution in [2.24, 2.45) is 5.73 Å². The second-order valence-corrected chi connectivity index (χ2v) is 4.67. The number of aromatic nitrogens is 1. The number of hydrogen-bond acceptors (Lipinski definition) is 4. The van der Waals surface area contributed by atoms with Crippen LogP contribution in [0, 0.1) is 0 Å². The van der Waals surface area contributed by atoms with E-state index in [0.717, 1.165) is 17.4 Å². The van der Waals surface area contributed by atoms with E-state index in [1.54, 1.807) is 0 Å². The molecule has 0 spiro atoms. The first-order valence-corrected chi connectivity index (χ1v) is 5.85. The molecule has 1 aromatic heterocycles. The predicted octanol–water partition coefficient (Wildman–Crippen LogP) is 2.51. The molecule has 4 N–H and O–H groups in total. The Morgan fingerprint density at radius 2 is 1.89 bits per heavy atom. The highest BCUT2D eigenvalue weighted by Crippen LogP contribution is 2.39. The van der Waals surface area contributed by atoms with Gasteiger partial charge in [0.25, 0.3) is 5.91 Å². The number of benzene rings is 1. The number of carbonyl (C=O) groups excluding carboxylic acids is 1. The lowest BCUT2D eigenvalue weighted by Gasteiger charge is -2.11. The molecule has 0 bridgehead atoms. The molecule has 0 radical (unpaired) electrons. The Morgan fingerprint density at radius 1 is 1.26 bits per heavy atom. The standard InChI is InChI=1S/C11H8F3N3OS/c12-11(13,14)6-4-2-1-3-5(6)7-8(9(15)18)19-10(16)17-7/h1-4H,(H2,15,18)(H2,16,17). The first-order chi connectivity index (χ1) is 8.80. The molecular weight excluding hydrogens is 279 g/mol. The first kappa shape index (κ1) is 13.3. The van der Waals surface area contributed by atoms with E-state index in [0.29, 0.717) is 0 Å². The third-order valence-electron chi connectivity index (χ3n) is 2.36. The van der Waals surface area contributed by atoms with Crippen molar-refractivity contribution in [2.45, 2.75) is 6.18 Å². The molecule has 2 aromatic rings. The van der Waals surface area contributed by atoms with Crippen LogP contribution in [0.4, 0.5) is 18.3 Å². The molecule has 1 amide bonds. The number of nitrogen functional groups attached to an aromatic ring is 1. The minimum absolute atomic E-state index is 0.0132. The van der Waals surface area contributed by atoms with Gasteiger partial charge in [-0.1, -0.05) is 29.5 Å². The number of amides is 1. The highest BCUT2D eigenvalue weighted by atomic mass is 32.1. The van der Waals surface area contributed by atoms with E-state index >= 15 is 0 Å². The Labute approximate surface area is 109 Å². The fraction of sp³-hybridized carbons (Fsp3) is 0.0909. The molecule has 2 rings (SSSR count). The van der Waals surface area contributed by atoms with Gasteiger partial charge in [-0.3, -0.25) is 4.79 Å². The largest absolute Gasteiger partial charge is 0.417 e. The quantitative estimate of drug-likeness (QED) is 0.890. The van der Waals surface area contributed by atoms with Gasteiger partial charge in [0.2, 0.25) is 0 Å². The van der Waals surface area contributed by atoms with Crippen molar-refractivity contribution in [3.05, 3.63) is 34.7 Å². The lowest BCUT2D eigenvalue weighted by molar-refractivity contribution is -0.137. The van der Waals surface area contributed by atoms with Crippen molar-refractivity contribution < 1.29 is 18.0 Å². The van der Waals surface area contributed by atoms with Gasteiger partial charge < -0.3 is 11.5 Å². The van der Waals surface area contributed by atoms with Gasteiger partial charge in [0.05, 0.1) is 11.3 Å². The number of nitrogens with two attached hydrogens (primary N) is 2. The van der Waals surface area contributed by atoms with E-state index < -0.39 is 17.6 Å². The zero-order chi connectivity index (χ0) is 14.2. The number of halogens is 3. The van der Waals surface area contributed by atoms with Crippen LogP contribution in [0.15, 0.2) is 24.3 Å². The summed E-state index contributed by atoms with van der Waals surface area (Å²) in [5.74, 6) is -0.860. The van der Waals surface area contributed by atoms with Gasteiger partial charge in [0.1, 0.15) is 4.88 Å². The zero-order valence-electron chi connectivity index (χ0n) is 9.36. The molecule has 0 unspecified atom stereocenters. The summed E-state index contributed by atoms with van der Waals surface area (Å²) in [6, 6.07) is 4.82. The molecule has 0 aliphatic heterocycles. The third-order valence-corrected chi connectivity index (χ3v) is 3.25. The Morgan fingerprint density at radius 3 is 2.47 bits per heavy atom. The Kier molecular flexibility index (Phi) is 3.19. The van der Waals surface area contributed by atoms with E-state index in [-0.39, 0.29) is 21.3 Å². The topological polar surface area (TPSA) is 82.0 Å². The highest BCUT2D eigenvalue weighted by molar-refractivity contribution is 7.17. The lowest BCUT2D eigenvalue weighted by Crippen LogP contribution is -2.12. The van der Waals surface area contributed by atoms with Crippen LogP contribution in [-0.4, -0.2) is 10.9 Å². The molecule has 0 aliphatic carbocycles. The molecule has 1 aromatic carbocycles. The lowest BCUT2D eigenvalue weighted by atomic mass is 10.0. The molecule has 0 atom stereocenters. The Bertz CT molecular complexity index is 636. The molecule has 0 fully saturated rings. The summed E-state index contributed by atoms with van der Waals surface area (Å²) in [4.78, 5) is 14.9. The fourth-order valence-electron chi connectivity index (χ4n) is 1.62. The van der Waals surface area contributed by atoms with E-state index in [4.69, 9.17) is 11.5 Å². The van der Waals surface area contributed by atoms with E-state index in [2.05, 4.69) is 4.98 Å². The molecule has 100 valence electrons. The summed E-state index contributed by atoms with van der Waals surface area (Å²) in [5, 5.41) is -0.0132. The van der Waals surface area contributed by atoms with Crippen molar-refractivity contribution in [3.63, 3.8) is 0 Å². The van der Waals surface area contributed by atoms with Crippen LogP contribution in [0.5, 0.6) is 0 Å². The average Bonchev–Trinajstić information content (AvgIpc) is 2.70. The summed E-state index contributed by atoms with van der Waals surface area (Å²) in [6.07, 6.45) is -4.55. The molecule has 0 saturated heterocycles. The van der Waals surface area contributed by atoms with Crippen LogP contribution in [0.2, 0.25) is 0 Å². The summed E-state index contributed by atoms with van der Waals surface area (Å²) >= 11 is 0.761. The first-order valence-electron chi connectivity index (χ1n) is 5.03. The number of primary amides is 1. The predicted molar refractivity (Wildman–Crippen MR) is 65.5 cm³/mol. The maximum atomic E-state index is 12.9. The zero-order valence-corrected chi connectivity index (χ0v) is 10.2. The van der Waals surface area contributed by atoms with Crippen molar-refractivity contribution in [3.8, 4) is 11.3 Å². The maximum absolute atomic E-state index is 12.9. The van der Waals surface area contributed by atoms with E-state index in [1.165, 1.54) is 18.2 Å². The Hall–Kier alpha value is -2.09. The number of hydrogen-bond donors (Lipinski definition) is 2. The molecule has 0 aliphatic rings. The molecule has 8 heteroatoms. The number of alkyl halides is 3. The van der Waals surface area contributed by atoms with Crippen LogP contribution < -0.4 is 11.5 Å². The normalized spacial score (nSPS) is 11.5. The second kappa shape index (κ2) is 4.54. The molecule has 19 heavy (non-hydrogen) atoms. The molecule has 0 saturated carbocycles. The van der Waals surface area contributed by atoms with Gasteiger partial charge in [-0.25, -0.2) is 4.98 Å². The van der Waals surface area contributed by atoms with Crippen LogP contribution in [-0.2, 0) is 6.18 Å². The smallest absolute Gasteiger partial charge is 0.375 e. The van der Waals surface area contributed by atoms with Gasteiger partial charge in [-0.15, -0.1) is 0 Å². The van der Waals surface area contributed by atoms with Gasteiger partial charge >= 0.3 is 6.18 Å². The number of nitrogens with zero attached hydrogens (tertiary/aromatic N) is 1.